The summed E-state index contributed by atoms with van der Waals surface area (Å²) in [5, 5.41) is 11.2. The van der Waals surface area contributed by atoms with Gasteiger partial charge in [-0.3, -0.25) is 9.59 Å². The van der Waals surface area contributed by atoms with E-state index in [9.17, 15) is 9.59 Å². The second-order valence-electron chi connectivity index (χ2n) is 3.81. The lowest BCUT2D eigenvalue weighted by atomic mass is 10.2. The third-order valence-electron chi connectivity index (χ3n) is 2.41. The number of amides is 1. The lowest BCUT2D eigenvalue weighted by Gasteiger charge is -2.07. The average Bonchev–Trinajstić information content (AvgIpc) is 2.84. The number of carbonyl (C=O) groups is 2. The Bertz CT molecular complexity index is 491. The molecule has 0 atom stereocenters. The van der Waals surface area contributed by atoms with Crippen LogP contribution in [0.15, 0.2) is 18.2 Å². The summed E-state index contributed by atoms with van der Waals surface area (Å²) in [7, 11) is 0. The summed E-state index contributed by atoms with van der Waals surface area (Å²) in [6, 6.07) is 5.47. The molecule has 0 fully saturated rings. The van der Waals surface area contributed by atoms with Crippen LogP contribution >= 0.6 is 11.8 Å². The summed E-state index contributed by atoms with van der Waals surface area (Å²) in [4.78, 5) is 21.8. The highest BCUT2D eigenvalue weighted by molar-refractivity contribution is 8.00. The smallest absolute Gasteiger partial charge is 0.313 e. The van der Waals surface area contributed by atoms with Gasteiger partial charge in [0.1, 0.15) is 0 Å². The van der Waals surface area contributed by atoms with Crippen LogP contribution in [0.1, 0.15) is 5.56 Å². The number of hydrogen-bond acceptors (Lipinski definition) is 5. The summed E-state index contributed by atoms with van der Waals surface area (Å²) >= 11 is 1.06. The zero-order valence-electron chi connectivity index (χ0n) is 10.0. The third kappa shape index (κ3) is 3.78. The molecule has 0 unspecified atom stereocenters. The van der Waals surface area contributed by atoms with E-state index in [1.165, 1.54) is 0 Å². The van der Waals surface area contributed by atoms with E-state index in [1.54, 1.807) is 6.07 Å². The molecule has 1 aromatic carbocycles. The van der Waals surface area contributed by atoms with Crippen LogP contribution < -0.4 is 14.8 Å². The van der Waals surface area contributed by atoms with Crippen LogP contribution in [0.3, 0.4) is 0 Å². The Hall–Kier alpha value is -1.89. The van der Waals surface area contributed by atoms with Crippen molar-refractivity contribution >= 4 is 23.6 Å². The first kappa shape index (κ1) is 13.5. The molecule has 0 spiro atoms. The van der Waals surface area contributed by atoms with Crippen molar-refractivity contribution < 1.29 is 24.2 Å². The maximum Gasteiger partial charge on any atom is 0.313 e. The monoisotopic (exact) mass is 283 g/mol. The molecule has 0 saturated carbocycles. The number of benzene rings is 1. The minimum Gasteiger partial charge on any atom is -0.481 e. The predicted molar refractivity (Wildman–Crippen MR) is 69.4 cm³/mol. The number of thioether (sulfide) groups is 1. The molecule has 1 aliphatic rings. The first-order chi connectivity index (χ1) is 9.16. The van der Waals surface area contributed by atoms with Crippen molar-refractivity contribution in [1.29, 1.82) is 0 Å². The van der Waals surface area contributed by atoms with Crippen LogP contribution in [0.25, 0.3) is 0 Å². The normalized spacial score (nSPS) is 12.2. The summed E-state index contributed by atoms with van der Waals surface area (Å²) in [5.41, 5.74) is 0.839. The number of carboxylic acid groups (broad SMARTS) is 1. The number of ether oxygens (including phenoxy) is 2. The van der Waals surface area contributed by atoms with Crippen LogP contribution in [0.2, 0.25) is 0 Å². The largest absolute Gasteiger partial charge is 0.481 e. The van der Waals surface area contributed by atoms with Crippen molar-refractivity contribution in [3.8, 4) is 11.5 Å². The molecule has 0 radical (unpaired) electrons. The summed E-state index contributed by atoms with van der Waals surface area (Å²) in [6.45, 7) is 0.522. The number of rotatable bonds is 6. The van der Waals surface area contributed by atoms with E-state index >= 15 is 0 Å². The molecule has 0 bridgehead atoms. The van der Waals surface area contributed by atoms with Crippen LogP contribution in [-0.2, 0) is 16.1 Å². The highest BCUT2D eigenvalue weighted by Crippen LogP contribution is 2.35. The van der Waals surface area contributed by atoms with Gasteiger partial charge < -0.3 is 19.9 Å². The van der Waals surface area contributed by atoms with Gasteiger partial charge in [-0.15, -0.1) is 11.8 Å². The van der Waals surface area contributed by atoms with E-state index in [-0.39, 0.29) is 24.2 Å². The maximum atomic E-state index is 11.5. The predicted octanol–water partition coefficient (Wildman–Crippen LogP) is 0.849. The van der Waals surface area contributed by atoms with E-state index in [0.29, 0.717) is 18.0 Å². The van der Waals surface area contributed by atoms with Crippen LogP contribution in [-0.4, -0.2) is 35.3 Å². The molecule has 0 saturated heterocycles. The van der Waals surface area contributed by atoms with Crippen molar-refractivity contribution in [2.45, 2.75) is 6.54 Å². The molecule has 1 aliphatic heterocycles. The molecule has 1 heterocycles. The van der Waals surface area contributed by atoms with Crippen LogP contribution in [0.5, 0.6) is 11.5 Å². The van der Waals surface area contributed by atoms with Crippen molar-refractivity contribution in [2.24, 2.45) is 0 Å². The summed E-state index contributed by atoms with van der Waals surface area (Å²) < 4.78 is 10.6. The van der Waals surface area contributed by atoms with Gasteiger partial charge in [0.05, 0.1) is 11.5 Å². The number of fused-ring (bicyclic) bond motifs is 1. The van der Waals surface area contributed by atoms with Gasteiger partial charge in [0.15, 0.2) is 11.5 Å². The fourth-order valence-corrected chi connectivity index (χ4v) is 2.17. The van der Waals surface area contributed by atoms with Crippen molar-refractivity contribution in [2.75, 3.05) is 18.3 Å². The topological polar surface area (TPSA) is 84.9 Å². The van der Waals surface area contributed by atoms with E-state index in [4.69, 9.17) is 14.6 Å². The number of para-hydroxylation sites is 1. The standard InChI is InChI=1S/C12H13NO5S/c14-10(5-19-6-11(15)16)13-4-8-2-1-3-9-12(8)18-7-17-9/h1-3H,4-7H2,(H,13,14)(H,15,16). The average molecular weight is 283 g/mol. The molecule has 6 nitrogen and oxygen atoms in total. The van der Waals surface area contributed by atoms with E-state index < -0.39 is 5.97 Å². The summed E-state index contributed by atoms with van der Waals surface area (Å²) in [6.07, 6.45) is 0. The number of hydrogen-bond donors (Lipinski definition) is 2. The van der Waals surface area contributed by atoms with Gasteiger partial charge in [0.2, 0.25) is 12.7 Å². The highest BCUT2D eigenvalue weighted by atomic mass is 32.2. The maximum absolute atomic E-state index is 11.5. The number of aliphatic carboxylic acids is 1. The molecular formula is C12H13NO5S. The Morgan fingerprint density at radius 2 is 2.16 bits per heavy atom. The van der Waals surface area contributed by atoms with Gasteiger partial charge in [-0.25, -0.2) is 0 Å². The number of nitrogens with one attached hydrogen (secondary N) is 1. The molecule has 1 aromatic rings. The third-order valence-corrected chi connectivity index (χ3v) is 3.33. The molecule has 1 amide bonds. The zero-order valence-corrected chi connectivity index (χ0v) is 10.9. The molecular weight excluding hydrogens is 270 g/mol. The van der Waals surface area contributed by atoms with Crippen LogP contribution in [0.4, 0.5) is 0 Å². The van der Waals surface area contributed by atoms with Gasteiger partial charge in [0.25, 0.3) is 0 Å². The van der Waals surface area contributed by atoms with Gasteiger partial charge in [-0.1, -0.05) is 12.1 Å². The molecule has 2 N–H and O–H groups in total. The fourth-order valence-electron chi connectivity index (χ4n) is 1.61. The fraction of sp³-hybridized carbons (Fsp3) is 0.333. The van der Waals surface area contributed by atoms with Gasteiger partial charge >= 0.3 is 5.97 Å². The van der Waals surface area contributed by atoms with Crippen LogP contribution in [0, 0.1) is 0 Å². The second kappa shape index (κ2) is 6.33. The quantitative estimate of drug-likeness (QED) is 0.805. The van der Waals surface area contributed by atoms with Gasteiger partial charge in [-0.2, -0.15) is 0 Å². The minimum absolute atomic E-state index is 0.0783. The lowest BCUT2D eigenvalue weighted by molar-refractivity contribution is -0.133. The number of carboxylic acids is 1. The first-order valence-corrected chi connectivity index (χ1v) is 6.76. The highest BCUT2D eigenvalue weighted by Gasteiger charge is 2.17. The Morgan fingerprint density at radius 1 is 1.32 bits per heavy atom. The second-order valence-corrected chi connectivity index (χ2v) is 4.80. The van der Waals surface area contributed by atoms with Crippen molar-refractivity contribution in [1.82, 2.24) is 5.32 Å². The molecule has 102 valence electrons. The zero-order chi connectivity index (χ0) is 13.7. The van der Waals surface area contributed by atoms with Gasteiger partial charge in [0, 0.05) is 12.1 Å². The molecule has 2 rings (SSSR count). The SMILES string of the molecule is O=C(O)CSCC(=O)NCc1cccc2c1OCO2. The lowest BCUT2D eigenvalue weighted by Crippen LogP contribution is -2.25. The Balaban J connectivity index is 1.81. The van der Waals surface area contributed by atoms with Gasteiger partial charge in [-0.05, 0) is 6.07 Å². The van der Waals surface area contributed by atoms with Crippen molar-refractivity contribution in [3.05, 3.63) is 23.8 Å². The van der Waals surface area contributed by atoms with E-state index in [1.807, 2.05) is 12.1 Å². The van der Waals surface area contributed by atoms with E-state index in [0.717, 1.165) is 17.3 Å². The Morgan fingerprint density at radius 3 is 2.95 bits per heavy atom. The summed E-state index contributed by atoms with van der Waals surface area (Å²) in [5.74, 6) is 0.240. The van der Waals surface area contributed by atoms with Crippen molar-refractivity contribution in [3.63, 3.8) is 0 Å². The Kier molecular flexibility index (Phi) is 4.51. The molecule has 0 aromatic heterocycles. The van der Waals surface area contributed by atoms with E-state index in [2.05, 4.69) is 5.32 Å². The first-order valence-electron chi connectivity index (χ1n) is 5.60. The minimum atomic E-state index is -0.927. The molecule has 7 heteroatoms. The Labute approximate surface area is 114 Å². The molecule has 19 heavy (non-hydrogen) atoms. The number of carbonyl (C=O) groups excluding carboxylic acids is 1. The molecule has 0 aliphatic carbocycles.